The Morgan fingerprint density at radius 2 is 1.86 bits per heavy atom. The zero-order valence-corrected chi connectivity index (χ0v) is 14.4. The molecule has 1 aliphatic rings. The molecule has 1 fully saturated rings. The Kier molecular flexibility index (Phi) is 5.74. The van der Waals surface area contributed by atoms with Gasteiger partial charge in [-0.3, -0.25) is 0 Å². The lowest BCUT2D eigenvalue weighted by molar-refractivity contribution is 0.334. The summed E-state index contributed by atoms with van der Waals surface area (Å²) >= 11 is 0. The highest BCUT2D eigenvalue weighted by atomic mass is 14.9. The van der Waals surface area contributed by atoms with Crippen LogP contribution in [0.3, 0.4) is 0 Å². The number of aromatic nitrogens is 2. The molecule has 118 valence electrons. The fourth-order valence-corrected chi connectivity index (χ4v) is 3.78. The van der Waals surface area contributed by atoms with Crippen molar-refractivity contribution in [3.8, 4) is 0 Å². The van der Waals surface area contributed by atoms with E-state index in [1.54, 1.807) is 0 Å². The van der Waals surface area contributed by atoms with E-state index in [0.29, 0.717) is 11.8 Å². The van der Waals surface area contributed by atoms with Crippen LogP contribution in [0.25, 0.3) is 0 Å². The fourth-order valence-electron chi connectivity index (χ4n) is 3.78. The number of likely N-dealkylation sites (N-methyl/N-ethyl adjacent to an activating group) is 1. The van der Waals surface area contributed by atoms with Crippen molar-refractivity contribution in [1.82, 2.24) is 15.3 Å². The van der Waals surface area contributed by atoms with Gasteiger partial charge in [-0.25, -0.2) is 9.97 Å². The third-order valence-corrected chi connectivity index (χ3v) is 4.84. The molecule has 0 saturated heterocycles. The van der Waals surface area contributed by atoms with Crippen LogP contribution in [-0.4, -0.2) is 23.1 Å². The van der Waals surface area contributed by atoms with Gasteiger partial charge >= 0.3 is 0 Å². The van der Waals surface area contributed by atoms with Crippen molar-refractivity contribution in [2.75, 3.05) is 13.1 Å². The lowest BCUT2D eigenvalue weighted by Gasteiger charge is -2.27. The Morgan fingerprint density at radius 3 is 2.43 bits per heavy atom. The van der Waals surface area contributed by atoms with Crippen LogP contribution in [0.1, 0.15) is 81.1 Å². The van der Waals surface area contributed by atoms with Crippen molar-refractivity contribution >= 4 is 0 Å². The maximum atomic E-state index is 4.88. The third-order valence-electron chi connectivity index (χ3n) is 4.84. The van der Waals surface area contributed by atoms with Gasteiger partial charge in [0.2, 0.25) is 0 Å². The molecule has 3 unspecified atom stereocenters. The molecule has 0 bridgehead atoms. The highest BCUT2D eigenvalue weighted by Gasteiger charge is 2.24. The number of rotatable bonds is 5. The van der Waals surface area contributed by atoms with Gasteiger partial charge in [0.05, 0.1) is 0 Å². The molecule has 21 heavy (non-hydrogen) atoms. The molecule has 1 aliphatic carbocycles. The van der Waals surface area contributed by atoms with Crippen molar-refractivity contribution in [2.24, 2.45) is 5.92 Å². The lowest BCUT2D eigenvalue weighted by Crippen LogP contribution is -2.22. The average Bonchev–Trinajstić information content (AvgIpc) is 2.44. The zero-order chi connectivity index (χ0) is 15.4. The summed E-state index contributed by atoms with van der Waals surface area (Å²) < 4.78 is 0. The first-order valence-electron chi connectivity index (χ1n) is 8.58. The van der Waals surface area contributed by atoms with Crippen LogP contribution in [0.5, 0.6) is 0 Å². The van der Waals surface area contributed by atoms with E-state index in [9.17, 15) is 0 Å². The molecule has 3 heteroatoms. The number of hydrogen-bond acceptors (Lipinski definition) is 3. The fraction of sp³-hybridized carbons (Fsp3) is 0.778. The predicted octanol–water partition coefficient (Wildman–Crippen LogP) is 4.10. The van der Waals surface area contributed by atoms with Gasteiger partial charge in [0.1, 0.15) is 5.82 Å². The Labute approximate surface area is 130 Å². The monoisotopic (exact) mass is 289 g/mol. The summed E-state index contributed by atoms with van der Waals surface area (Å²) in [5, 5.41) is 3.43. The standard InChI is InChI=1S/C18H31N3/c1-6-19-11-13(3)17-14(4)20-18(21-15(17)5)16-9-7-8-12(2)10-16/h12-13,16,19H,6-11H2,1-5H3. The highest BCUT2D eigenvalue weighted by Crippen LogP contribution is 2.35. The van der Waals surface area contributed by atoms with Crippen molar-refractivity contribution in [2.45, 2.75) is 72.1 Å². The second-order valence-corrected chi connectivity index (χ2v) is 6.84. The molecule has 0 aliphatic heterocycles. The number of aryl methyl sites for hydroxylation is 2. The minimum atomic E-state index is 0.476. The van der Waals surface area contributed by atoms with Gasteiger partial charge in [0.15, 0.2) is 0 Å². The molecule has 1 aromatic heterocycles. The molecule has 0 spiro atoms. The van der Waals surface area contributed by atoms with Crippen LogP contribution in [-0.2, 0) is 0 Å². The molecular weight excluding hydrogens is 258 g/mol. The van der Waals surface area contributed by atoms with Gasteiger partial charge in [-0.2, -0.15) is 0 Å². The van der Waals surface area contributed by atoms with Crippen molar-refractivity contribution in [3.05, 3.63) is 22.8 Å². The number of nitrogens with zero attached hydrogens (tertiary/aromatic N) is 2. The minimum Gasteiger partial charge on any atom is -0.316 e. The molecule has 1 saturated carbocycles. The zero-order valence-electron chi connectivity index (χ0n) is 14.4. The van der Waals surface area contributed by atoms with Gasteiger partial charge in [-0.05, 0) is 50.6 Å². The lowest BCUT2D eigenvalue weighted by atomic mass is 9.82. The minimum absolute atomic E-state index is 0.476. The smallest absolute Gasteiger partial charge is 0.131 e. The first-order valence-corrected chi connectivity index (χ1v) is 8.58. The quantitative estimate of drug-likeness (QED) is 0.887. The van der Waals surface area contributed by atoms with Gasteiger partial charge in [-0.1, -0.05) is 33.6 Å². The van der Waals surface area contributed by atoms with E-state index in [2.05, 4.69) is 39.9 Å². The highest BCUT2D eigenvalue weighted by molar-refractivity contribution is 5.29. The third kappa shape index (κ3) is 4.03. The summed E-state index contributed by atoms with van der Waals surface area (Å²) in [7, 11) is 0. The van der Waals surface area contributed by atoms with Crippen LogP contribution in [0, 0.1) is 19.8 Å². The van der Waals surface area contributed by atoms with Gasteiger partial charge in [0, 0.05) is 23.9 Å². The summed E-state index contributed by atoms with van der Waals surface area (Å²) in [6, 6.07) is 0. The molecule has 2 rings (SSSR count). The molecule has 1 N–H and O–H groups in total. The van der Waals surface area contributed by atoms with Crippen LogP contribution in [0.2, 0.25) is 0 Å². The predicted molar refractivity (Wildman–Crippen MR) is 88.8 cm³/mol. The van der Waals surface area contributed by atoms with E-state index < -0.39 is 0 Å². The molecule has 0 aromatic carbocycles. The number of hydrogen-bond donors (Lipinski definition) is 1. The molecule has 3 atom stereocenters. The number of nitrogens with one attached hydrogen (secondary N) is 1. The van der Waals surface area contributed by atoms with Crippen LogP contribution >= 0.6 is 0 Å². The average molecular weight is 289 g/mol. The molecule has 1 heterocycles. The molecule has 1 aromatic rings. The molecule has 0 radical (unpaired) electrons. The Balaban J connectivity index is 2.20. The Hall–Kier alpha value is -0.960. The summed E-state index contributed by atoms with van der Waals surface area (Å²) in [6.45, 7) is 13.1. The van der Waals surface area contributed by atoms with Crippen LogP contribution in [0.15, 0.2) is 0 Å². The molecular formula is C18H31N3. The maximum Gasteiger partial charge on any atom is 0.131 e. The van der Waals surface area contributed by atoms with Crippen molar-refractivity contribution in [3.63, 3.8) is 0 Å². The van der Waals surface area contributed by atoms with Gasteiger partial charge in [0.25, 0.3) is 0 Å². The van der Waals surface area contributed by atoms with Crippen LogP contribution < -0.4 is 5.32 Å². The second-order valence-electron chi connectivity index (χ2n) is 6.84. The van der Waals surface area contributed by atoms with E-state index in [4.69, 9.17) is 9.97 Å². The van der Waals surface area contributed by atoms with Crippen LogP contribution in [0.4, 0.5) is 0 Å². The van der Waals surface area contributed by atoms with E-state index in [1.807, 2.05) is 0 Å². The Morgan fingerprint density at radius 1 is 1.19 bits per heavy atom. The summed E-state index contributed by atoms with van der Waals surface area (Å²) in [6.07, 6.45) is 5.21. The van der Waals surface area contributed by atoms with E-state index in [-0.39, 0.29) is 0 Å². The maximum absolute atomic E-state index is 4.88. The SMILES string of the molecule is CCNCC(C)c1c(C)nc(C2CCCC(C)C2)nc1C. The molecule has 3 nitrogen and oxygen atoms in total. The van der Waals surface area contributed by atoms with E-state index in [0.717, 1.165) is 24.8 Å². The summed E-state index contributed by atoms with van der Waals surface area (Å²) in [4.78, 5) is 9.76. The summed E-state index contributed by atoms with van der Waals surface area (Å²) in [5.41, 5.74) is 3.70. The van der Waals surface area contributed by atoms with Crippen molar-refractivity contribution < 1.29 is 0 Å². The normalized spacial score (nSPS) is 24.0. The van der Waals surface area contributed by atoms with Gasteiger partial charge in [-0.15, -0.1) is 0 Å². The largest absolute Gasteiger partial charge is 0.316 e. The van der Waals surface area contributed by atoms with Gasteiger partial charge < -0.3 is 5.32 Å². The summed E-state index contributed by atoms with van der Waals surface area (Å²) in [5.74, 6) is 2.96. The molecule has 0 amide bonds. The van der Waals surface area contributed by atoms with Crippen molar-refractivity contribution in [1.29, 1.82) is 0 Å². The topological polar surface area (TPSA) is 37.8 Å². The second kappa shape index (κ2) is 7.35. The Bertz CT molecular complexity index is 447. The van der Waals surface area contributed by atoms with E-state index in [1.165, 1.54) is 42.6 Å². The first kappa shape index (κ1) is 16.4. The first-order chi connectivity index (χ1) is 10.0. The van der Waals surface area contributed by atoms with E-state index >= 15 is 0 Å².